The van der Waals surface area contributed by atoms with Gasteiger partial charge in [-0.25, -0.2) is 0 Å². The Morgan fingerprint density at radius 2 is 1.94 bits per heavy atom. The smallest absolute Gasteiger partial charge is 0.224 e. The highest BCUT2D eigenvalue weighted by atomic mass is 16.3. The molecule has 1 saturated carbocycles. The van der Waals surface area contributed by atoms with Crippen LogP contribution >= 0.6 is 0 Å². The summed E-state index contributed by atoms with van der Waals surface area (Å²) in [6.45, 7) is 3.41. The quantitative estimate of drug-likeness (QED) is 0.797. The lowest BCUT2D eigenvalue weighted by molar-refractivity contribution is -0.134. The van der Waals surface area contributed by atoms with Gasteiger partial charge in [-0.2, -0.15) is 0 Å². The van der Waals surface area contributed by atoms with E-state index in [1.165, 1.54) is 0 Å². The minimum atomic E-state index is -0.252. The Labute approximate surface area is 110 Å². The Balaban J connectivity index is 1.80. The number of piperidine rings is 1. The monoisotopic (exact) mass is 254 g/mol. The lowest BCUT2D eigenvalue weighted by Gasteiger charge is -2.35. The molecule has 1 aliphatic carbocycles. The van der Waals surface area contributed by atoms with Crippen LogP contribution in [0.2, 0.25) is 0 Å². The number of likely N-dealkylation sites (tertiary alicyclic amines) is 1. The first-order chi connectivity index (χ1) is 8.50. The molecule has 3 N–H and O–H groups in total. The van der Waals surface area contributed by atoms with Crippen LogP contribution in [0.3, 0.4) is 0 Å². The molecule has 4 nitrogen and oxygen atoms in total. The maximum absolute atomic E-state index is 12.2. The molecule has 1 amide bonds. The zero-order valence-corrected chi connectivity index (χ0v) is 11.4. The van der Waals surface area contributed by atoms with E-state index in [2.05, 4.69) is 0 Å². The number of aliphatic hydroxyl groups excluding tert-OH is 1. The van der Waals surface area contributed by atoms with Crippen molar-refractivity contribution in [2.24, 2.45) is 11.7 Å². The molecule has 0 aromatic heterocycles. The van der Waals surface area contributed by atoms with Crippen LogP contribution in [0.4, 0.5) is 0 Å². The molecule has 2 fully saturated rings. The van der Waals surface area contributed by atoms with Crippen LogP contribution in [0.25, 0.3) is 0 Å². The van der Waals surface area contributed by atoms with E-state index < -0.39 is 0 Å². The van der Waals surface area contributed by atoms with Crippen molar-refractivity contribution < 1.29 is 9.90 Å². The van der Waals surface area contributed by atoms with E-state index in [1.54, 1.807) is 0 Å². The second kappa shape index (κ2) is 5.57. The number of aliphatic hydroxyl groups is 1. The van der Waals surface area contributed by atoms with Crippen molar-refractivity contribution in [3.8, 4) is 0 Å². The van der Waals surface area contributed by atoms with Crippen molar-refractivity contribution in [3.63, 3.8) is 0 Å². The van der Waals surface area contributed by atoms with Crippen LogP contribution in [-0.4, -0.2) is 40.6 Å². The van der Waals surface area contributed by atoms with Crippen molar-refractivity contribution in [2.45, 2.75) is 63.5 Å². The van der Waals surface area contributed by atoms with Crippen LogP contribution in [0.15, 0.2) is 0 Å². The summed E-state index contributed by atoms with van der Waals surface area (Å²) in [6, 6.07) is 0. The number of nitrogens with two attached hydrogens (primary N) is 1. The third-order valence-corrected chi connectivity index (χ3v) is 4.68. The first kappa shape index (κ1) is 13.8. The third kappa shape index (κ3) is 3.23. The van der Waals surface area contributed by atoms with Gasteiger partial charge in [0.25, 0.3) is 0 Å². The average molecular weight is 254 g/mol. The molecule has 0 aromatic carbocycles. The first-order valence-electron chi connectivity index (χ1n) is 7.25. The first-order valence-corrected chi connectivity index (χ1v) is 7.25. The second-order valence-electron chi connectivity index (χ2n) is 6.21. The predicted octanol–water partition coefficient (Wildman–Crippen LogP) is 1.27. The Hall–Kier alpha value is -0.610. The van der Waals surface area contributed by atoms with E-state index >= 15 is 0 Å². The van der Waals surface area contributed by atoms with E-state index in [-0.39, 0.29) is 17.6 Å². The Morgan fingerprint density at radius 1 is 1.39 bits per heavy atom. The van der Waals surface area contributed by atoms with E-state index in [9.17, 15) is 9.90 Å². The molecule has 1 unspecified atom stereocenters. The Kier molecular flexibility index (Phi) is 4.28. The molecule has 1 heterocycles. The third-order valence-electron chi connectivity index (χ3n) is 4.68. The Morgan fingerprint density at radius 3 is 2.44 bits per heavy atom. The molecule has 2 rings (SSSR count). The van der Waals surface area contributed by atoms with Gasteiger partial charge < -0.3 is 15.7 Å². The van der Waals surface area contributed by atoms with Crippen LogP contribution in [0.1, 0.15) is 51.9 Å². The highest BCUT2D eigenvalue weighted by molar-refractivity contribution is 5.77. The number of hydrogen-bond donors (Lipinski definition) is 2. The maximum atomic E-state index is 12.2. The average Bonchev–Trinajstić information content (AvgIpc) is 2.76. The fourth-order valence-electron chi connectivity index (χ4n) is 3.30. The fourth-order valence-corrected chi connectivity index (χ4v) is 3.30. The summed E-state index contributed by atoms with van der Waals surface area (Å²) >= 11 is 0. The summed E-state index contributed by atoms with van der Waals surface area (Å²) in [6.07, 6.45) is 6.39. The van der Waals surface area contributed by atoms with E-state index in [4.69, 9.17) is 5.73 Å². The molecule has 0 bridgehead atoms. The van der Waals surface area contributed by atoms with Crippen molar-refractivity contribution in [1.29, 1.82) is 0 Å². The van der Waals surface area contributed by atoms with Crippen LogP contribution in [0.5, 0.6) is 0 Å². The number of amides is 1. The minimum Gasteiger partial charge on any atom is -0.393 e. The molecule has 1 saturated heterocycles. The highest BCUT2D eigenvalue weighted by Crippen LogP contribution is 2.31. The minimum absolute atomic E-state index is 0.212. The summed E-state index contributed by atoms with van der Waals surface area (Å²) in [7, 11) is 0. The molecule has 1 aliphatic heterocycles. The van der Waals surface area contributed by atoms with Gasteiger partial charge in [-0.1, -0.05) is 12.8 Å². The number of carbonyl (C=O) groups excluding carboxylic acids is 1. The van der Waals surface area contributed by atoms with E-state index in [1.807, 2.05) is 11.8 Å². The zero-order valence-electron chi connectivity index (χ0n) is 11.4. The zero-order chi connectivity index (χ0) is 13.2. The molecule has 0 spiro atoms. The van der Waals surface area contributed by atoms with Gasteiger partial charge >= 0.3 is 0 Å². The maximum Gasteiger partial charge on any atom is 0.224 e. The molecule has 18 heavy (non-hydrogen) atoms. The summed E-state index contributed by atoms with van der Waals surface area (Å²) in [5.74, 6) is 0.566. The van der Waals surface area contributed by atoms with E-state index in [0.717, 1.165) is 51.6 Å². The van der Waals surface area contributed by atoms with E-state index in [0.29, 0.717) is 12.3 Å². The standard InChI is InChI=1S/C14H26N2O2/c1-11(17)12-4-8-16(9-5-12)13(18)10-14(15)6-2-3-7-14/h11-12,17H,2-10,15H2,1H3. The molecule has 2 aliphatic rings. The molecule has 0 aromatic rings. The van der Waals surface area contributed by atoms with Gasteiger partial charge in [-0.05, 0) is 38.5 Å². The summed E-state index contributed by atoms with van der Waals surface area (Å²) in [4.78, 5) is 14.2. The topological polar surface area (TPSA) is 66.6 Å². The molecule has 1 atom stereocenters. The number of hydrogen-bond acceptors (Lipinski definition) is 3. The molecule has 104 valence electrons. The molecule has 0 radical (unpaired) electrons. The second-order valence-corrected chi connectivity index (χ2v) is 6.21. The van der Waals surface area contributed by atoms with Gasteiger partial charge in [0.15, 0.2) is 0 Å². The molecule has 4 heteroatoms. The summed E-state index contributed by atoms with van der Waals surface area (Å²) in [5.41, 5.74) is 6.02. The Bertz CT molecular complexity index is 290. The number of carbonyl (C=O) groups is 1. The van der Waals surface area contributed by atoms with Crippen LogP contribution in [-0.2, 0) is 4.79 Å². The van der Waals surface area contributed by atoms with Gasteiger partial charge in [0.1, 0.15) is 0 Å². The molecular weight excluding hydrogens is 228 g/mol. The number of nitrogens with zero attached hydrogens (tertiary/aromatic N) is 1. The van der Waals surface area contributed by atoms with Crippen molar-refractivity contribution in [1.82, 2.24) is 4.90 Å². The fraction of sp³-hybridized carbons (Fsp3) is 0.929. The largest absolute Gasteiger partial charge is 0.393 e. The summed E-state index contributed by atoms with van der Waals surface area (Å²) in [5, 5.41) is 9.55. The summed E-state index contributed by atoms with van der Waals surface area (Å²) < 4.78 is 0. The van der Waals surface area contributed by atoms with Crippen molar-refractivity contribution in [2.75, 3.05) is 13.1 Å². The lowest BCUT2D eigenvalue weighted by Crippen LogP contribution is -2.46. The lowest BCUT2D eigenvalue weighted by atomic mass is 9.90. The SMILES string of the molecule is CC(O)C1CCN(C(=O)CC2(N)CCCC2)CC1. The normalized spacial score (nSPS) is 26.3. The van der Waals surface area contributed by atoms with Crippen LogP contribution < -0.4 is 5.73 Å². The van der Waals surface area contributed by atoms with Gasteiger partial charge in [-0.15, -0.1) is 0 Å². The van der Waals surface area contributed by atoms with Gasteiger partial charge in [0.05, 0.1) is 6.10 Å². The van der Waals surface area contributed by atoms with Crippen LogP contribution in [0, 0.1) is 5.92 Å². The number of rotatable bonds is 3. The van der Waals surface area contributed by atoms with Gasteiger partial charge in [0.2, 0.25) is 5.91 Å². The highest BCUT2D eigenvalue weighted by Gasteiger charge is 2.34. The predicted molar refractivity (Wildman–Crippen MR) is 71.0 cm³/mol. The van der Waals surface area contributed by atoms with Crippen molar-refractivity contribution in [3.05, 3.63) is 0 Å². The van der Waals surface area contributed by atoms with Crippen molar-refractivity contribution >= 4 is 5.91 Å². The molecular formula is C14H26N2O2. The van der Waals surface area contributed by atoms with Gasteiger partial charge in [0, 0.05) is 25.0 Å². The van der Waals surface area contributed by atoms with Gasteiger partial charge in [-0.3, -0.25) is 4.79 Å².